The van der Waals surface area contributed by atoms with Crippen molar-refractivity contribution in [2.45, 2.75) is 24.2 Å². The third-order valence-electron chi connectivity index (χ3n) is 4.45. The first-order valence-electron chi connectivity index (χ1n) is 7.93. The number of aryl methyl sites for hydroxylation is 1. The van der Waals surface area contributed by atoms with Crippen molar-refractivity contribution in [2.75, 3.05) is 12.4 Å². The number of carbonyl (C=O) groups is 1. The lowest BCUT2D eigenvalue weighted by Gasteiger charge is -2.10. The summed E-state index contributed by atoms with van der Waals surface area (Å²) in [5, 5.41) is 3.48. The van der Waals surface area contributed by atoms with Crippen LogP contribution in [-0.4, -0.2) is 21.4 Å². The number of nitrogens with one attached hydrogen (secondary N) is 2. The number of rotatable bonds is 5. The van der Waals surface area contributed by atoms with E-state index in [1.54, 1.807) is 19.1 Å². The SMILES string of the molecule is CNS(=O)(=O)c1cc(NC(=O)C2CC2c2ccccc2Cl)ccc1C. The Kier molecular flexibility index (Phi) is 4.86. The van der Waals surface area contributed by atoms with Gasteiger partial charge in [-0.2, -0.15) is 0 Å². The summed E-state index contributed by atoms with van der Waals surface area (Å²) >= 11 is 6.19. The van der Waals surface area contributed by atoms with E-state index in [0.29, 0.717) is 16.3 Å². The molecule has 0 heterocycles. The molecule has 2 aromatic carbocycles. The summed E-state index contributed by atoms with van der Waals surface area (Å²) in [6.45, 7) is 1.71. The van der Waals surface area contributed by atoms with Crippen molar-refractivity contribution in [1.82, 2.24) is 4.72 Å². The first-order chi connectivity index (χ1) is 11.8. The van der Waals surface area contributed by atoms with E-state index in [4.69, 9.17) is 11.6 Å². The third kappa shape index (κ3) is 3.71. The van der Waals surface area contributed by atoms with E-state index in [9.17, 15) is 13.2 Å². The van der Waals surface area contributed by atoms with Crippen molar-refractivity contribution < 1.29 is 13.2 Å². The maximum absolute atomic E-state index is 12.5. The van der Waals surface area contributed by atoms with Crippen molar-refractivity contribution in [3.63, 3.8) is 0 Å². The Labute approximate surface area is 152 Å². The summed E-state index contributed by atoms with van der Waals surface area (Å²) in [4.78, 5) is 12.6. The van der Waals surface area contributed by atoms with Crippen LogP contribution in [0.2, 0.25) is 5.02 Å². The Hall–Kier alpha value is -1.89. The zero-order chi connectivity index (χ0) is 18.2. The molecule has 5 nitrogen and oxygen atoms in total. The molecule has 132 valence electrons. The number of amides is 1. The Morgan fingerprint density at radius 1 is 1.20 bits per heavy atom. The fraction of sp³-hybridized carbons (Fsp3) is 0.278. The third-order valence-corrected chi connectivity index (χ3v) is 6.35. The molecule has 0 aliphatic heterocycles. The van der Waals surface area contributed by atoms with Gasteiger partial charge in [-0.15, -0.1) is 0 Å². The molecule has 0 bridgehead atoms. The second-order valence-corrected chi connectivity index (χ2v) is 8.41. The predicted molar refractivity (Wildman–Crippen MR) is 98.4 cm³/mol. The summed E-state index contributed by atoms with van der Waals surface area (Å²) in [6.07, 6.45) is 0.739. The van der Waals surface area contributed by atoms with Crippen LogP contribution in [0.1, 0.15) is 23.5 Å². The van der Waals surface area contributed by atoms with Gasteiger partial charge in [-0.05, 0) is 55.6 Å². The molecule has 2 atom stereocenters. The molecule has 2 N–H and O–H groups in total. The minimum atomic E-state index is -3.57. The average molecular weight is 379 g/mol. The Morgan fingerprint density at radius 2 is 1.92 bits per heavy atom. The van der Waals surface area contributed by atoms with E-state index in [2.05, 4.69) is 10.0 Å². The molecular formula is C18H19ClN2O3S. The second kappa shape index (κ2) is 6.78. The number of carbonyl (C=O) groups excluding carboxylic acids is 1. The van der Waals surface area contributed by atoms with Crippen molar-refractivity contribution in [1.29, 1.82) is 0 Å². The van der Waals surface area contributed by atoms with Gasteiger partial charge in [0.2, 0.25) is 15.9 Å². The van der Waals surface area contributed by atoms with Gasteiger partial charge in [0.15, 0.2) is 0 Å². The van der Waals surface area contributed by atoms with Crippen LogP contribution in [0.3, 0.4) is 0 Å². The summed E-state index contributed by atoms with van der Waals surface area (Å²) < 4.78 is 26.4. The molecule has 1 amide bonds. The first-order valence-corrected chi connectivity index (χ1v) is 9.79. The van der Waals surface area contributed by atoms with Crippen LogP contribution in [0.15, 0.2) is 47.4 Å². The first kappa shape index (κ1) is 17.9. The minimum Gasteiger partial charge on any atom is -0.326 e. The van der Waals surface area contributed by atoms with Crippen molar-refractivity contribution >= 4 is 33.2 Å². The molecule has 3 rings (SSSR count). The molecule has 25 heavy (non-hydrogen) atoms. The Morgan fingerprint density at radius 3 is 2.60 bits per heavy atom. The van der Waals surface area contributed by atoms with Gasteiger partial charge in [0.25, 0.3) is 0 Å². The molecule has 7 heteroatoms. The van der Waals surface area contributed by atoms with Crippen LogP contribution in [-0.2, 0) is 14.8 Å². The Bertz CT molecular complexity index is 928. The lowest BCUT2D eigenvalue weighted by atomic mass is 10.1. The molecule has 0 spiro atoms. The molecule has 1 saturated carbocycles. The molecule has 0 saturated heterocycles. The van der Waals surface area contributed by atoms with E-state index in [0.717, 1.165) is 12.0 Å². The number of hydrogen-bond donors (Lipinski definition) is 2. The molecule has 0 aromatic heterocycles. The highest BCUT2D eigenvalue weighted by atomic mass is 35.5. The number of benzene rings is 2. The fourth-order valence-corrected chi connectivity index (χ4v) is 4.19. The second-order valence-electron chi connectivity index (χ2n) is 6.15. The Balaban J connectivity index is 1.75. The highest BCUT2D eigenvalue weighted by molar-refractivity contribution is 7.89. The van der Waals surface area contributed by atoms with Crippen LogP contribution in [0.5, 0.6) is 0 Å². The highest BCUT2D eigenvalue weighted by Crippen LogP contribution is 2.50. The normalized spacial score (nSPS) is 19.5. The van der Waals surface area contributed by atoms with Gasteiger partial charge in [-0.25, -0.2) is 13.1 Å². The monoisotopic (exact) mass is 378 g/mol. The van der Waals surface area contributed by atoms with Crippen LogP contribution < -0.4 is 10.0 Å². The lowest BCUT2D eigenvalue weighted by Crippen LogP contribution is -2.20. The number of hydrogen-bond acceptors (Lipinski definition) is 3. The van der Waals surface area contributed by atoms with E-state index >= 15 is 0 Å². The number of halogens is 1. The van der Waals surface area contributed by atoms with E-state index < -0.39 is 10.0 Å². The van der Waals surface area contributed by atoms with E-state index in [1.165, 1.54) is 13.1 Å². The molecule has 2 aromatic rings. The summed E-state index contributed by atoms with van der Waals surface area (Å²) in [7, 11) is -2.21. The van der Waals surface area contributed by atoms with Gasteiger partial charge in [-0.1, -0.05) is 35.9 Å². The van der Waals surface area contributed by atoms with E-state index in [-0.39, 0.29) is 22.6 Å². The van der Waals surface area contributed by atoms with Gasteiger partial charge in [0, 0.05) is 16.6 Å². The number of anilines is 1. The average Bonchev–Trinajstić information content (AvgIpc) is 3.37. The largest absolute Gasteiger partial charge is 0.326 e. The van der Waals surface area contributed by atoms with Crippen molar-refractivity contribution in [3.05, 3.63) is 58.6 Å². The molecule has 2 unspecified atom stereocenters. The zero-order valence-electron chi connectivity index (χ0n) is 13.9. The fourth-order valence-electron chi connectivity index (χ4n) is 2.92. The van der Waals surface area contributed by atoms with Gasteiger partial charge in [0.05, 0.1) is 4.90 Å². The van der Waals surface area contributed by atoms with Gasteiger partial charge in [0.1, 0.15) is 0 Å². The molecular weight excluding hydrogens is 360 g/mol. The quantitative estimate of drug-likeness (QED) is 0.838. The minimum absolute atomic E-state index is 0.111. The van der Waals surface area contributed by atoms with Crippen LogP contribution in [0.4, 0.5) is 5.69 Å². The summed E-state index contributed by atoms with van der Waals surface area (Å²) in [5.74, 6) is -0.160. The van der Waals surface area contributed by atoms with E-state index in [1.807, 2.05) is 24.3 Å². The highest BCUT2D eigenvalue weighted by Gasteiger charge is 2.44. The molecule has 1 fully saturated rings. The van der Waals surface area contributed by atoms with Crippen molar-refractivity contribution in [2.24, 2.45) is 5.92 Å². The molecule has 1 aliphatic carbocycles. The molecule has 0 radical (unpaired) electrons. The lowest BCUT2D eigenvalue weighted by molar-refractivity contribution is -0.117. The number of sulfonamides is 1. The van der Waals surface area contributed by atoms with Crippen LogP contribution in [0.25, 0.3) is 0 Å². The standard InChI is InChI=1S/C18H19ClN2O3S/c1-11-7-8-12(9-17(11)25(23,24)20-2)21-18(22)15-10-14(15)13-5-3-4-6-16(13)19/h3-9,14-15,20H,10H2,1-2H3,(H,21,22). The molecule has 1 aliphatic rings. The maximum atomic E-state index is 12.5. The van der Waals surface area contributed by atoms with Crippen molar-refractivity contribution in [3.8, 4) is 0 Å². The van der Waals surface area contributed by atoms with Crippen LogP contribution >= 0.6 is 11.6 Å². The predicted octanol–water partition coefficient (Wildman–Crippen LogP) is 3.30. The maximum Gasteiger partial charge on any atom is 0.240 e. The van der Waals surface area contributed by atoms with Gasteiger partial charge < -0.3 is 5.32 Å². The van der Waals surface area contributed by atoms with Crippen LogP contribution in [0, 0.1) is 12.8 Å². The van der Waals surface area contributed by atoms with Gasteiger partial charge in [-0.3, -0.25) is 4.79 Å². The zero-order valence-corrected chi connectivity index (χ0v) is 15.5. The van der Waals surface area contributed by atoms with Gasteiger partial charge >= 0.3 is 0 Å². The topological polar surface area (TPSA) is 75.3 Å². The smallest absolute Gasteiger partial charge is 0.240 e. The summed E-state index contributed by atoms with van der Waals surface area (Å²) in [6, 6.07) is 12.4. The summed E-state index contributed by atoms with van der Waals surface area (Å²) in [5.41, 5.74) is 2.06.